The Kier molecular flexibility index (Phi) is 4.30. The predicted molar refractivity (Wildman–Crippen MR) is 61.4 cm³/mol. The summed E-state index contributed by atoms with van der Waals surface area (Å²) < 4.78 is 10.6. The van der Waals surface area contributed by atoms with Crippen LogP contribution in [0.1, 0.15) is 12.5 Å². The van der Waals surface area contributed by atoms with Gasteiger partial charge in [-0.15, -0.1) is 0 Å². The van der Waals surface area contributed by atoms with Gasteiger partial charge in [0.1, 0.15) is 0 Å². The highest BCUT2D eigenvalue weighted by Gasteiger charge is 2.11. The summed E-state index contributed by atoms with van der Waals surface area (Å²) in [5, 5.41) is 11.4. The van der Waals surface area contributed by atoms with Crippen LogP contribution in [0.4, 0.5) is 0 Å². The maximum Gasteiger partial charge on any atom is 0.308 e. The summed E-state index contributed by atoms with van der Waals surface area (Å²) >= 11 is 3.25. The Balaban J connectivity index is 3.20. The average molecular weight is 288 g/mol. The van der Waals surface area contributed by atoms with Crippen molar-refractivity contribution in [2.24, 2.45) is 5.16 Å². The second-order valence-electron chi connectivity index (χ2n) is 2.86. The summed E-state index contributed by atoms with van der Waals surface area (Å²) in [7, 11) is 1.45. The first-order valence-electron chi connectivity index (χ1n) is 4.32. The SMILES string of the molecule is COc1cc(C=NO)c(Br)cc1OC(C)=O. The number of carbonyl (C=O) groups excluding carboxylic acids is 1. The van der Waals surface area contributed by atoms with Gasteiger partial charge in [-0.05, 0) is 28.1 Å². The standard InChI is InChI=1S/C10H10BrNO4/c1-6(13)16-10-4-8(11)7(5-12-14)3-9(10)15-2/h3-5,14H,1-2H3. The van der Waals surface area contributed by atoms with Crippen LogP contribution in [0.25, 0.3) is 0 Å². The van der Waals surface area contributed by atoms with Gasteiger partial charge < -0.3 is 14.7 Å². The van der Waals surface area contributed by atoms with Crippen molar-refractivity contribution >= 4 is 28.1 Å². The van der Waals surface area contributed by atoms with Crippen LogP contribution in [-0.2, 0) is 4.79 Å². The summed E-state index contributed by atoms with van der Waals surface area (Å²) in [6.07, 6.45) is 1.24. The van der Waals surface area contributed by atoms with Gasteiger partial charge in [0.05, 0.1) is 13.3 Å². The number of nitrogens with zero attached hydrogens (tertiary/aromatic N) is 1. The van der Waals surface area contributed by atoms with Gasteiger partial charge >= 0.3 is 5.97 Å². The number of oxime groups is 1. The monoisotopic (exact) mass is 287 g/mol. The number of esters is 1. The number of halogens is 1. The summed E-state index contributed by atoms with van der Waals surface area (Å²) in [6.45, 7) is 1.30. The van der Waals surface area contributed by atoms with Crippen LogP contribution in [-0.4, -0.2) is 24.5 Å². The molecule has 1 N–H and O–H groups in total. The van der Waals surface area contributed by atoms with E-state index in [0.717, 1.165) is 0 Å². The van der Waals surface area contributed by atoms with Crippen molar-refractivity contribution < 1.29 is 19.5 Å². The highest BCUT2D eigenvalue weighted by molar-refractivity contribution is 9.10. The summed E-state index contributed by atoms with van der Waals surface area (Å²) in [5.41, 5.74) is 0.607. The molecule has 1 aromatic carbocycles. The Morgan fingerprint density at radius 3 is 2.69 bits per heavy atom. The summed E-state index contributed by atoms with van der Waals surface area (Å²) in [6, 6.07) is 3.15. The normalized spacial score (nSPS) is 10.4. The molecular weight excluding hydrogens is 278 g/mol. The molecule has 0 aliphatic rings. The molecule has 6 heteroatoms. The smallest absolute Gasteiger partial charge is 0.308 e. The van der Waals surface area contributed by atoms with E-state index in [1.54, 1.807) is 12.1 Å². The number of carbonyl (C=O) groups is 1. The second kappa shape index (κ2) is 5.50. The third-order valence-electron chi connectivity index (χ3n) is 1.73. The molecule has 0 amide bonds. The van der Waals surface area contributed by atoms with E-state index in [9.17, 15) is 4.79 Å². The minimum absolute atomic E-state index is 0.303. The van der Waals surface area contributed by atoms with Gasteiger partial charge in [0.15, 0.2) is 11.5 Å². The molecule has 0 fully saturated rings. The molecule has 1 aromatic rings. The molecule has 0 aliphatic carbocycles. The van der Waals surface area contributed by atoms with E-state index in [2.05, 4.69) is 21.1 Å². The van der Waals surface area contributed by atoms with E-state index in [-0.39, 0.29) is 0 Å². The van der Waals surface area contributed by atoms with Crippen molar-refractivity contribution in [3.05, 3.63) is 22.2 Å². The minimum Gasteiger partial charge on any atom is -0.493 e. The number of hydrogen-bond acceptors (Lipinski definition) is 5. The lowest BCUT2D eigenvalue weighted by Crippen LogP contribution is -2.03. The second-order valence-corrected chi connectivity index (χ2v) is 3.72. The quantitative estimate of drug-likeness (QED) is 0.304. The van der Waals surface area contributed by atoms with Crippen LogP contribution in [0.15, 0.2) is 21.8 Å². The lowest BCUT2D eigenvalue weighted by atomic mass is 10.2. The Hall–Kier alpha value is -1.56. The molecule has 0 saturated carbocycles. The van der Waals surface area contributed by atoms with Gasteiger partial charge in [-0.2, -0.15) is 0 Å². The zero-order valence-corrected chi connectivity index (χ0v) is 10.3. The molecule has 86 valence electrons. The number of rotatable bonds is 3. The van der Waals surface area contributed by atoms with E-state index in [1.807, 2.05) is 0 Å². The molecule has 0 heterocycles. The number of methoxy groups -OCH3 is 1. The average Bonchev–Trinajstić information content (AvgIpc) is 2.21. The number of ether oxygens (including phenoxy) is 2. The first kappa shape index (κ1) is 12.5. The molecule has 0 spiro atoms. The highest BCUT2D eigenvalue weighted by atomic mass is 79.9. The zero-order valence-electron chi connectivity index (χ0n) is 8.73. The van der Waals surface area contributed by atoms with E-state index in [0.29, 0.717) is 21.5 Å². The largest absolute Gasteiger partial charge is 0.493 e. The molecule has 0 aliphatic heterocycles. The van der Waals surface area contributed by atoms with Crippen LogP contribution >= 0.6 is 15.9 Å². The Bertz CT molecular complexity index is 431. The lowest BCUT2D eigenvalue weighted by molar-refractivity contribution is -0.132. The van der Waals surface area contributed by atoms with Crippen molar-refractivity contribution in [2.45, 2.75) is 6.92 Å². The van der Waals surface area contributed by atoms with Gasteiger partial charge in [0.2, 0.25) is 0 Å². The fraction of sp³-hybridized carbons (Fsp3) is 0.200. The lowest BCUT2D eigenvalue weighted by Gasteiger charge is -2.09. The van der Waals surface area contributed by atoms with Crippen LogP contribution in [0.3, 0.4) is 0 Å². The molecule has 0 saturated heterocycles. The molecular formula is C10H10BrNO4. The van der Waals surface area contributed by atoms with Crippen LogP contribution < -0.4 is 9.47 Å². The summed E-state index contributed by atoms with van der Waals surface area (Å²) in [5.74, 6) is 0.249. The van der Waals surface area contributed by atoms with Crippen LogP contribution in [0.2, 0.25) is 0 Å². The topological polar surface area (TPSA) is 68.1 Å². The molecule has 0 unspecified atom stereocenters. The van der Waals surface area contributed by atoms with E-state index < -0.39 is 5.97 Å². The number of hydrogen-bond donors (Lipinski definition) is 1. The Morgan fingerprint density at radius 2 is 2.19 bits per heavy atom. The maximum atomic E-state index is 10.8. The zero-order chi connectivity index (χ0) is 12.1. The molecule has 16 heavy (non-hydrogen) atoms. The van der Waals surface area contributed by atoms with Crippen LogP contribution in [0, 0.1) is 0 Å². The molecule has 0 aromatic heterocycles. The van der Waals surface area contributed by atoms with Crippen molar-refractivity contribution in [1.29, 1.82) is 0 Å². The molecule has 0 atom stereocenters. The van der Waals surface area contributed by atoms with Gasteiger partial charge in [0.25, 0.3) is 0 Å². The van der Waals surface area contributed by atoms with Gasteiger partial charge in [-0.1, -0.05) is 5.16 Å². The maximum absolute atomic E-state index is 10.8. The Labute approximate surface area is 101 Å². The molecule has 0 radical (unpaired) electrons. The third kappa shape index (κ3) is 2.96. The number of benzene rings is 1. The predicted octanol–water partition coefficient (Wildman–Crippen LogP) is 2.19. The summed E-state index contributed by atoms with van der Waals surface area (Å²) in [4.78, 5) is 10.8. The third-order valence-corrected chi connectivity index (χ3v) is 2.42. The first-order valence-corrected chi connectivity index (χ1v) is 5.11. The van der Waals surface area contributed by atoms with Crippen molar-refractivity contribution in [1.82, 2.24) is 0 Å². The minimum atomic E-state index is -0.436. The first-order chi connectivity index (χ1) is 7.58. The van der Waals surface area contributed by atoms with Gasteiger partial charge in [-0.25, -0.2) is 0 Å². The molecule has 1 rings (SSSR count). The molecule has 0 bridgehead atoms. The van der Waals surface area contributed by atoms with Gasteiger partial charge in [0, 0.05) is 17.0 Å². The van der Waals surface area contributed by atoms with E-state index in [4.69, 9.17) is 14.7 Å². The van der Waals surface area contributed by atoms with E-state index >= 15 is 0 Å². The van der Waals surface area contributed by atoms with E-state index in [1.165, 1.54) is 20.2 Å². The van der Waals surface area contributed by atoms with Crippen LogP contribution in [0.5, 0.6) is 11.5 Å². The van der Waals surface area contributed by atoms with Crippen molar-refractivity contribution in [3.63, 3.8) is 0 Å². The molecule has 5 nitrogen and oxygen atoms in total. The van der Waals surface area contributed by atoms with Crippen molar-refractivity contribution in [3.8, 4) is 11.5 Å². The fourth-order valence-corrected chi connectivity index (χ4v) is 1.53. The highest BCUT2D eigenvalue weighted by Crippen LogP contribution is 2.32. The Morgan fingerprint density at radius 1 is 1.50 bits per heavy atom. The van der Waals surface area contributed by atoms with Gasteiger partial charge in [-0.3, -0.25) is 4.79 Å². The fourth-order valence-electron chi connectivity index (χ4n) is 1.11. The van der Waals surface area contributed by atoms with Crippen molar-refractivity contribution in [2.75, 3.05) is 7.11 Å².